The number of carboxylic acids is 2. The van der Waals surface area contributed by atoms with Gasteiger partial charge in [-0.2, -0.15) is 0 Å². The number of halogens is 1. The summed E-state index contributed by atoms with van der Waals surface area (Å²) in [5.74, 6) is -3.38. The van der Waals surface area contributed by atoms with Crippen molar-refractivity contribution in [2.75, 3.05) is 26.2 Å². The minimum Gasteiger partial charge on any atom is -0.473 e. The van der Waals surface area contributed by atoms with Crippen LogP contribution in [-0.4, -0.2) is 70.1 Å². The number of aliphatic carboxylic acids is 2. The second-order valence-electron chi connectivity index (χ2n) is 7.33. The van der Waals surface area contributed by atoms with Gasteiger partial charge in [0.25, 0.3) is 5.91 Å². The maximum Gasteiger partial charge on any atom is 0.414 e. The molecule has 1 aliphatic carbocycles. The molecule has 2 N–H and O–H groups in total. The molecule has 0 aromatic heterocycles. The molecule has 0 bridgehead atoms. The van der Waals surface area contributed by atoms with Gasteiger partial charge in [0.05, 0.1) is 5.56 Å². The van der Waals surface area contributed by atoms with E-state index in [1.54, 1.807) is 23.1 Å². The second kappa shape index (κ2) is 10.2. The number of benzene rings is 1. The van der Waals surface area contributed by atoms with Crippen LogP contribution in [0.1, 0.15) is 43.0 Å². The molecule has 0 unspecified atom stereocenters. The zero-order valence-corrected chi connectivity index (χ0v) is 16.0. The summed E-state index contributed by atoms with van der Waals surface area (Å²) in [5, 5.41) is 14.8. The minimum absolute atomic E-state index is 0.171. The quantitative estimate of drug-likeness (QED) is 0.747. The average molecular weight is 394 g/mol. The van der Waals surface area contributed by atoms with Gasteiger partial charge in [0.2, 0.25) is 0 Å². The van der Waals surface area contributed by atoms with Crippen molar-refractivity contribution >= 4 is 17.8 Å². The summed E-state index contributed by atoms with van der Waals surface area (Å²) in [4.78, 5) is 34.9. The third-order valence-electron chi connectivity index (χ3n) is 5.39. The molecule has 0 radical (unpaired) electrons. The van der Waals surface area contributed by atoms with Crippen LogP contribution in [0.2, 0.25) is 0 Å². The first-order valence-electron chi connectivity index (χ1n) is 9.53. The molecule has 1 aliphatic heterocycles. The largest absolute Gasteiger partial charge is 0.473 e. The van der Waals surface area contributed by atoms with Crippen molar-refractivity contribution in [1.29, 1.82) is 0 Å². The summed E-state index contributed by atoms with van der Waals surface area (Å²) in [6.07, 6.45) is 5.20. The van der Waals surface area contributed by atoms with Gasteiger partial charge in [0.15, 0.2) is 0 Å². The fourth-order valence-electron chi connectivity index (χ4n) is 3.70. The Morgan fingerprint density at radius 2 is 1.46 bits per heavy atom. The van der Waals surface area contributed by atoms with Gasteiger partial charge in [-0.15, -0.1) is 0 Å². The van der Waals surface area contributed by atoms with Crippen LogP contribution in [0.25, 0.3) is 0 Å². The molecule has 2 fully saturated rings. The predicted octanol–water partition coefficient (Wildman–Crippen LogP) is 2.32. The highest BCUT2D eigenvalue weighted by Crippen LogP contribution is 2.27. The summed E-state index contributed by atoms with van der Waals surface area (Å²) in [6.45, 7) is 5.58. The minimum atomic E-state index is -1.82. The first-order valence-corrected chi connectivity index (χ1v) is 9.53. The lowest BCUT2D eigenvalue weighted by molar-refractivity contribution is -0.159. The molecule has 3 rings (SSSR count). The zero-order valence-electron chi connectivity index (χ0n) is 16.0. The summed E-state index contributed by atoms with van der Waals surface area (Å²) in [5.41, 5.74) is 0.197. The van der Waals surface area contributed by atoms with Gasteiger partial charge in [-0.3, -0.25) is 9.69 Å². The Morgan fingerprint density at radius 3 is 1.96 bits per heavy atom. The second-order valence-corrected chi connectivity index (χ2v) is 7.33. The summed E-state index contributed by atoms with van der Waals surface area (Å²) < 4.78 is 13.7. The number of piperazine rings is 1. The highest BCUT2D eigenvalue weighted by molar-refractivity contribution is 6.27. The number of amides is 1. The van der Waals surface area contributed by atoms with Gasteiger partial charge in [-0.1, -0.05) is 19.1 Å². The van der Waals surface area contributed by atoms with E-state index in [1.807, 2.05) is 0 Å². The van der Waals surface area contributed by atoms with Crippen molar-refractivity contribution in [2.45, 2.75) is 38.6 Å². The van der Waals surface area contributed by atoms with E-state index in [9.17, 15) is 9.18 Å². The van der Waals surface area contributed by atoms with E-state index in [0.29, 0.717) is 19.1 Å². The van der Waals surface area contributed by atoms with E-state index in [0.717, 1.165) is 19.0 Å². The number of hydrogen-bond acceptors (Lipinski definition) is 4. The fraction of sp³-hybridized carbons (Fsp3) is 0.550. The SMILES string of the molecule is CC1CCC(N2CCN(C(=O)c3ccccc3F)CC2)CC1.O=C(O)C(=O)O. The molecule has 1 saturated carbocycles. The molecule has 8 heteroatoms. The molecule has 1 aromatic carbocycles. The van der Waals surface area contributed by atoms with E-state index in [4.69, 9.17) is 19.8 Å². The first kappa shape index (κ1) is 21.8. The van der Waals surface area contributed by atoms with Crippen LogP contribution in [-0.2, 0) is 9.59 Å². The monoisotopic (exact) mass is 394 g/mol. The van der Waals surface area contributed by atoms with E-state index < -0.39 is 17.8 Å². The van der Waals surface area contributed by atoms with Gasteiger partial charge in [0.1, 0.15) is 5.82 Å². The molecule has 28 heavy (non-hydrogen) atoms. The highest BCUT2D eigenvalue weighted by atomic mass is 19.1. The van der Waals surface area contributed by atoms with Crippen molar-refractivity contribution in [3.8, 4) is 0 Å². The number of carbonyl (C=O) groups is 3. The van der Waals surface area contributed by atoms with Gasteiger partial charge >= 0.3 is 11.9 Å². The van der Waals surface area contributed by atoms with Gasteiger partial charge < -0.3 is 15.1 Å². The zero-order chi connectivity index (χ0) is 20.7. The third-order valence-corrected chi connectivity index (χ3v) is 5.39. The van der Waals surface area contributed by atoms with E-state index in [2.05, 4.69) is 11.8 Å². The molecular formula is C20H27FN2O5. The van der Waals surface area contributed by atoms with Crippen molar-refractivity contribution in [3.05, 3.63) is 35.6 Å². The Labute approximate surface area is 163 Å². The highest BCUT2D eigenvalue weighted by Gasteiger charge is 2.29. The normalized spacial score (nSPS) is 22.7. The number of carbonyl (C=O) groups excluding carboxylic acids is 1. The summed E-state index contributed by atoms with van der Waals surface area (Å²) in [6, 6.07) is 6.95. The van der Waals surface area contributed by atoms with Crippen LogP contribution in [0.5, 0.6) is 0 Å². The Hall–Kier alpha value is -2.48. The third kappa shape index (κ3) is 6.02. The summed E-state index contributed by atoms with van der Waals surface area (Å²) >= 11 is 0. The number of nitrogens with zero attached hydrogens (tertiary/aromatic N) is 2. The van der Waals surface area contributed by atoms with Crippen molar-refractivity contribution < 1.29 is 29.0 Å². The molecule has 154 valence electrons. The van der Waals surface area contributed by atoms with E-state index in [-0.39, 0.29) is 11.5 Å². The summed E-state index contributed by atoms with van der Waals surface area (Å²) in [7, 11) is 0. The molecule has 1 heterocycles. The van der Waals surface area contributed by atoms with E-state index >= 15 is 0 Å². The van der Waals surface area contributed by atoms with Crippen molar-refractivity contribution in [1.82, 2.24) is 9.80 Å². The maximum absolute atomic E-state index is 13.7. The lowest BCUT2D eigenvalue weighted by Crippen LogP contribution is -2.52. The van der Waals surface area contributed by atoms with Gasteiger partial charge in [-0.25, -0.2) is 14.0 Å². The Bertz CT molecular complexity index is 684. The number of hydrogen-bond donors (Lipinski definition) is 2. The van der Waals surface area contributed by atoms with Gasteiger partial charge in [0, 0.05) is 32.2 Å². The van der Waals surface area contributed by atoms with Crippen LogP contribution in [0.3, 0.4) is 0 Å². The van der Waals surface area contributed by atoms with Crippen molar-refractivity contribution in [3.63, 3.8) is 0 Å². The Balaban J connectivity index is 0.000000409. The van der Waals surface area contributed by atoms with Crippen LogP contribution in [0, 0.1) is 11.7 Å². The average Bonchev–Trinajstić information content (AvgIpc) is 2.69. The molecular weight excluding hydrogens is 367 g/mol. The van der Waals surface area contributed by atoms with Crippen LogP contribution >= 0.6 is 0 Å². The number of carboxylic acid groups (broad SMARTS) is 2. The maximum atomic E-state index is 13.7. The molecule has 1 amide bonds. The smallest absolute Gasteiger partial charge is 0.414 e. The molecule has 0 spiro atoms. The lowest BCUT2D eigenvalue weighted by Gasteiger charge is -2.41. The molecule has 1 aromatic rings. The molecule has 7 nitrogen and oxygen atoms in total. The topological polar surface area (TPSA) is 98.2 Å². The lowest BCUT2D eigenvalue weighted by atomic mass is 9.86. The van der Waals surface area contributed by atoms with Crippen LogP contribution in [0.15, 0.2) is 24.3 Å². The van der Waals surface area contributed by atoms with E-state index in [1.165, 1.54) is 31.7 Å². The van der Waals surface area contributed by atoms with Crippen LogP contribution in [0.4, 0.5) is 4.39 Å². The first-order chi connectivity index (χ1) is 13.3. The predicted molar refractivity (Wildman–Crippen MR) is 101 cm³/mol. The molecule has 1 saturated heterocycles. The van der Waals surface area contributed by atoms with Crippen LogP contribution < -0.4 is 0 Å². The standard InChI is InChI=1S/C18H25FN2O.C2H2O4/c1-14-6-8-15(9-7-14)20-10-12-21(13-11-20)18(22)16-4-2-3-5-17(16)19;3-1(4)2(5)6/h2-5,14-15H,6-13H2,1H3;(H,3,4)(H,5,6). The molecule has 2 aliphatic rings. The van der Waals surface area contributed by atoms with Crippen molar-refractivity contribution in [2.24, 2.45) is 5.92 Å². The Kier molecular flexibility index (Phi) is 7.92. The molecule has 0 atom stereocenters. The van der Waals surface area contributed by atoms with Gasteiger partial charge in [-0.05, 0) is 43.7 Å². The Morgan fingerprint density at radius 1 is 0.929 bits per heavy atom. The fourth-order valence-corrected chi connectivity index (χ4v) is 3.70. The number of rotatable bonds is 2.